The van der Waals surface area contributed by atoms with Crippen molar-refractivity contribution in [3.63, 3.8) is 0 Å². The maximum absolute atomic E-state index is 3.78. The smallest absolute Gasteiger partial charge is 0.0267 e. The summed E-state index contributed by atoms with van der Waals surface area (Å²) in [6.45, 7) is 3.58. The number of aromatic amines is 1. The fourth-order valence-corrected chi connectivity index (χ4v) is 0.776. The van der Waals surface area contributed by atoms with Crippen LogP contribution in [0.2, 0.25) is 0 Å². The van der Waals surface area contributed by atoms with Crippen molar-refractivity contribution in [2.24, 2.45) is 0 Å². The summed E-state index contributed by atoms with van der Waals surface area (Å²) < 4.78 is 0. The zero-order valence-electron chi connectivity index (χ0n) is 7.35. The number of nitrogens with one attached hydrogen (secondary N) is 1. The first-order valence-electron chi connectivity index (χ1n) is 4.03. The molecule has 2 nitrogen and oxygen atoms in total. The quantitative estimate of drug-likeness (QED) is 0.704. The van der Waals surface area contributed by atoms with Crippen LogP contribution < -0.4 is 0 Å². The van der Waals surface area contributed by atoms with Crippen LogP contribution in [0.3, 0.4) is 0 Å². The Morgan fingerprint density at radius 1 is 1.23 bits per heavy atom. The minimum atomic E-state index is 1.14. The Balaban J connectivity index is 0.000000132. The van der Waals surface area contributed by atoms with E-state index < -0.39 is 0 Å². The van der Waals surface area contributed by atoms with Crippen LogP contribution in [0.15, 0.2) is 55.6 Å². The van der Waals surface area contributed by atoms with E-state index in [-0.39, 0.29) is 0 Å². The Morgan fingerprint density at radius 2 is 2.00 bits per heavy atom. The van der Waals surface area contributed by atoms with Crippen LogP contribution in [0.5, 0.6) is 0 Å². The third-order valence-electron chi connectivity index (χ3n) is 1.42. The highest BCUT2D eigenvalue weighted by Crippen LogP contribution is 1.95. The molecular weight excluding hydrogens is 160 g/mol. The maximum atomic E-state index is 3.78. The van der Waals surface area contributed by atoms with E-state index in [0.717, 1.165) is 5.56 Å². The average Bonchev–Trinajstić information content (AvgIpc) is 2.74. The second kappa shape index (κ2) is 5.77. The Labute approximate surface area is 78.0 Å². The molecular formula is C11H12N2. The van der Waals surface area contributed by atoms with Crippen LogP contribution in [0, 0.1) is 0 Å². The van der Waals surface area contributed by atoms with Crippen molar-refractivity contribution in [1.82, 2.24) is 9.97 Å². The second-order valence-electron chi connectivity index (χ2n) is 2.37. The summed E-state index contributed by atoms with van der Waals surface area (Å²) in [5.74, 6) is 0. The molecule has 0 spiro atoms. The van der Waals surface area contributed by atoms with Gasteiger partial charge in [-0.05, 0) is 23.8 Å². The van der Waals surface area contributed by atoms with E-state index in [1.807, 2.05) is 36.7 Å². The van der Waals surface area contributed by atoms with Gasteiger partial charge in [-0.15, -0.1) is 0 Å². The summed E-state index contributed by atoms with van der Waals surface area (Å²) in [4.78, 5) is 6.69. The molecule has 0 aliphatic rings. The van der Waals surface area contributed by atoms with Crippen LogP contribution in [-0.2, 0) is 0 Å². The minimum Gasteiger partial charge on any atom is -0.367 e. The van der Waals surface area contributed by atoms with Gasteiger partial charge in [-0.1, -0.05) is 18.7 Å². The van der Waals surface area contributed by atoms with Crippen molar-refractivity contribution >= 4 is 6.08 Å². The standard InChI is InChI=1S/C6H7N.C5H5N/c1-2-6-3-4-7-5-6;1-2-4-6-5-3-1/h2-5,7H,1H2;1-5H. The highest BCUT2D eigenvalue weighted by Gasteiger charge is 1.77. The maximum Gasteiger partial charge on any atom is 0.0267 e. The lowest BCUT2D eigenvalue weighted by Crippen LogP contribution is -1.58. The molecule has 0 amide bonds. The SMILES string of the molecule is C=Cc1cc[nH]c1.c1ccncc1. The van der Waals surface area contributed by atoms with Gasteiger partial charge in [-0.3, -0.25) is 4.98 Å². The number of nitrogens with zero attached hydrogens (tertiary/aromatic N) is 1. The summed E-state index contributed by atoms with van der Waals surface area (Å²) in [5.41, 5.74) is 1.14. The third kappa shape index (κ3) is 3.91. The first kappa shape index (κ1) is 9.26. The van der Waals surface area contributed by atoms with E-state index in [1.54, 1.807) is 18.5 Å². The zero-order valence-corrected chi connectivity index (χ0v) is 7.35. The van der Waals surface area contributed by atoms with Gasteiger partial charge in [0.1, 0.15) is 0 Å². The second-order valence-corrected chi connectivity index (χ2v) is 2.37. The topological polar surface area (TPSA) is 28.7 Å². The van der Waals surface area contributed by atoms with Gasteiger partial charge in [0.25, 0.3) is 0 Å². The van der Waals surface area contributed by atoms with Crippen molar-refractivity contribution in [1.29, 1.82) is 0 Å². The van der Waals surface area contributed by atoms with Crippen molar-refractivity contribution in [2.45, 2.75) is 0 Å². The van der Waals surface area contributed by atoms with Crippen molar-refractivity contribution in [2.75, 3.05) is 0 Å². The molecule has 2 aromatic rings. The summed E-state index contributed by atoms with van der Waals surface area (Å²) >= 11 is 0. The molecule has 2 heteroatoms. The molecule has 2 heterocycles. The van der Waals surface area contributed by atoms with E-state index in [1.165, 1.54) is 0 Å². The molecule has 13 heavy (non-hydrogen) atoms. The molecule has 0 aliphatic heterocycles. The Morgan fingerprint density at radius 3 is 2.23 bits per heavy atom. The highest BCUT2D eigenvalue weighted by atomic mass is 14.6. The first-order valence-corrected chi connectivity index (χ1v) is 4.03. The Bertz CT molecular complexity index is 284. The lowest BCUT2D eigenvalue weighted by atomic mass is 10.3. The molecule has 0 unspecified atom stereocenters. The predicted molar refractivity (Wildman–Crippen MR) is 55.1 cm³/mol. The van der Waals surface area contributed by atoms with Crippen LogP contribution in [0.1, 0.15) is 5.56 Å². The van der Waals surface area contributed by atoms with Gasteiger partial charge in [0.2, 0.25) is 0 Å². The Kier molecular flexibility index (Phi) is 4.11. The lowest BCUT2D eigenvalue weighted by molar-refractivity contribution is 1.33. The van der Waals surface area contributed by atoms with E-state index in [2.05, 4.69) is 16.5 Å². The molecule has 0 saturated heterocycles. The molecule has 2 aromatic heterocycles. The Hall–Kier alpha value is -1.83. The number of hydrogen-bond donors (Lipinski definition) is 1. The van der Waals surface area contributed by atoms with Gasteiger partial charge in [0.15, 0.2) is 0 Å². The normalized spacial score (nSPS) is 8.31. The average molecular weight is 172 g/mol. The van der Waals surface area contributed by atoms with Gasteiger partial charge in [-0.25, -0.2) is 0 Å². The number of pyridine rings is 1. The molecule has 0 radical (unpaired) electrons. The molecule has 0 aliphatic carbocycles. The van der Waals surface area contributed by atoms with Crippen LogP contribution in [-0.4, -0.2) is 9.97 Å². The van der Waals surface area contributed by atoms with Crippen molar-refractivity contribution < 1.29 is 0 Å². The van der Waals surface area contributed by atoms with E-state index in [0.29, 0.717) is 0 Å². The first-order chi connectivity index (χ1) is 6.43. The van der Waals surface area contributed by atoms with Gasteiger partial charge in [-0.2, -0.15) is 0 Å². The van der Waals surface area contributed by atoms with Crippen LogP contribution >= 0.6 is 0 Å². The number of H-pyrrole nitrogens is 1. The minimum absolute atomic E-state index is 1.14. The summed E-state index contributed by atoms with van der Waals surface area (Å²) in [6, 6.07) is 7.68. The summed E-state index contributed by atoms with van der Waals surface area (Å²) in [6.07, 6.45) is 9.07. The number of rotatable bonds is 1. The van der Waals surface area contributed by atoms with Gasteiger partial charge in [0.05, 0.1) is 0 Å². The largest absolute Gasteiger partial charge is 0.367 e. The lowest BCUT2D eigenvalue weighted by Gasteiger charge is -1.71. The fourth-order valence-electron chi connectivity index (χ4n) is 0.776. The molecule has 66 valence electrons. The van der Waals surface area contributed by atoms with E-state index in [4.69, 9.17) is 0 Å². The third-order valence-corrected chi connectivity index (χ3v) is 1.42. The highest BCUT2D eigenvalue weighted by molar-refractivity contribution is 5.44. The molecule has 0 bridgehead atoms. The van der Waals surface area contributed by atoms with Gasteiger partial charge < -0.3 is 4.98 Å². The molecule has 0 fully saturated rings. The van der Waals surface area contributed by atoms with E-state index in [9.17, 15) is 0 Å². The fraction of sp³-hybridized carbons (Fsp3) is 0. The van der Waals surface area contributed by atoms with Gasteiger partial charge in [0, 0.05) is 24.8 Å². The molecule has 1 N–H and O–H groups in total. The van der Waals surface area contributed by atoms with Crippen LogP contribution in [0.4, 0.5) is 0 Å². The van der Waals surface area contributed by atoms with Crippen molar-refractivity contribution in [3.8, 4) is 0 Å². The predicted octanol–water partition coefficient (Wildman–Crippen LogP) is 2.74. The van der Waals surface area contributed by atoms with Crippen LogP contribution in [0.25, 0.3) is 6.08 Å². The molecule has 0 saturated carbocycles. The molecule has 0 atom stereocenters. The number of hydrogen-bond acceptors (Lipinski definition) is 1. The monoisotopic (exact) mass is 172 g/mol. The summed E-state index contributed by atoms with van der Waals surface area (Å²) in [5, 5.41) is 0. The van der Waals surface area contributed by atoms with Crippen molar-refractivity contribution in [3.05, 3.63) is 61.2 Å². The number of aromatic nitrogens is 2. The van der Waals surface area contributed by atoms with Gasteiger partial charge >= 0.3 is 0 Å². The molecule has 0 aromatic carbocycles. The zero-order chi connectivity index (χ0) is 9.36. The summed E-state index contributed by atoms with van der Waals surface area (Å²) in [7, 11) is 0. The molecule has 2 rings (SSSR count). The van der Waals surface area contributed by atoms with E-state index >= 15 is 0 Å².